The standard InChI is InChI=1S/C9H18N2O2/c1-2-13-9(12)4-6-11-8-3-5-10-7-8/h8,10-11H,2-7H2,1H3. The van der Waals surface area contributed by atoms with Crippen molar-refractivity contribution in [2.75, 3.05) is 26.2 Å². The fourth-order valence-electron chi connectivity index (χ4n) is 1.44. The van der Waals surface area contributed by atoms with Crippen LogP contribution in [-0.4, -0.2) is 38.3 Å². The molecular weight excluding hydrogens is 168 g/mol. The molecule has 0 aromatic carbocycles. The summed E-state index contributed by atoms with van der Waals surface area (Å²) in [5.74, 6) is -0.110. The largest absolute Gasteiger partial charge is 0.466 e. The van der Waals surface area contributed by atoms with Gasteiger partial charge in [0, 0.05) is 19.1 Å². The molecule has 76 valence electrons. The molecule has 1 aliphatic rings. The highest BCUT2D eigenvalue weighted by Crippen LogP contribution is 1.96. The lowest BCUT2D eigenvalue weighted by molar-refractivity contribution is -0.142. The van der Waals surface area contributed by atoms with Gasteiger partial charge in [0.25, 0.3) is 0 Å². The Kier molecular flexibility index (Phi) is 4.78. The van der Waals surface area contributed by atoms with Crippen molar-refractivity contribution in [1.29, 1.82) is 0 Å². The van der Waals surface area contributed by atoms with E-state index in [1.54, 1.807) is 0 Å². The smallest absolute Gasteiger partial charge is 0.307 e. The summed E-state index contributed by atoms with van der Waals surface area (Å²) in [6.07, 6.45) is 1.63. The fraction of sp³-hybridized carbons (Fsp3) is 0.889. The van der Waals surface area contributed by atoms with Crippen molar-refractivity contribution < 1.29 is 9.53 Å². The van der Waals surface area contributed by atoms with E-state index in [0.29, 0.717) is 19.1 Å². The quantitative estimate of drug-likeness (QED) is 0.588. The van der Waals surface area contributed by atoms with Crippen LogP contribution >= 0.6 is 0 Å². The normalized spacial score (nSPS) is 21.8. The highest BCUT2D eigenvalue weighted by molar-refractivity contribution is 5.69. The predicted octanol–water partition coefficient (Wildman–Crippen LogP) is -0.109. The molecular formula is C9H18N2O2. The fourth-order valence-corrected chi connectivity index (χ4v) is 1.44. The predicted molar refractivity (Wildman–Crippen MR) is 50.5 cm³/mol. The summed E-state index contributed by atoms with van der Waals surface area (Å²) in [6, 6.07) is 0.537. The maximum atomic E-state index is 10.9. The molecule has 0 spiro atoms. The Balaban J connectivity index is 1.96. The Labute approximate surface area is 79.0 Å². The minimum absolute atomic E-state index is 0.110. The van der Waals surface area contributed by atoms with Gasteiger partial charge in [-0.2, -0.15) is 0 Å². The van der Waals surface area contributed by atoms with Crippen LogP contribution in [0.1, 0.15) is 19.8 Å². The number of esters is 1. The van der Waals surface area contributed by atoms with E-state index < -0.39 is 0 Å². The molecule has 1 fully saturated rings. The maximum Gasteiger partial charge on any atom is 0.307 e. The van der Waals surface area contributed by atoms with Crippen molar-refractivity contribution in [3.05, 3.63) is 0 Å². The highest BCUT2D eigenvalue weighted by atomic mass is 16.5. The van der Waals surface area contributed by atoms with Crippen molar-refractivity contribution in [3.63, 3.8) is 0 Å². The van der Waals surface area contributed by atoms with Gasteiger partial charge < -0.3 is 15.4 Å². The zero-order chi connectivity index (χ0) is 9.52. The third-order valence-corrected chi connectivity index (χ3v) is 2.13. The van der Waals surface area contributed by atoms with E-state index in [9.17, 15) is 4.79 Å². The summed E-state index contributed by atoms with van der Waals surface area (Å²) in [4.78, 5) is 10.9. The van der Waals surface area contributed by atoms with Crippen LogP contribution in [0.25, 0.3) is 0 Å². The van der Waals surface area contributed by atoms with Gasteiger partial charge in [-0.05, 0) is 19.9 Å². The van der Waals surface area contributed by atoms with Crippen LogP contribution in [0.3, 0.4) is 0 Å². The molecule has 0 aromatic rings. The minimum Gasteiger partial charge on any atom is -0.466 e. The zero-order valence-electron chi connectivity index (χ0n) is 8.14. The van der Waals surface area contributed by atoms with Crippen LogP contribution in [0.15, 0.2) is 0 Å². The van der Waals surface area contributed by atoms with Gasteiger partial charge in [0.1, 0.15) is 0 Å². The Morgan fingerprint density at radius 2 is 2.54 bits per heavy atom. The van der Waals surface area contributed by atoms with E-state index in [1.165, 1.54) is 0 Å². The first-order chi connectivity index (χ1) is 6.33. The molecule has 0 bridgehead atoms. The van der Waals surface area contributed by atoms with E-state index >= 15 is 0 Å². The van der Waals surface area contributed by atoms with E-state index in [-0.39, 0.29) is 5.97 Å². The van der Waals surface area contributed by atoms with Gasteiger partial charge in [-0.3, -0.25) is 4.79 Å². The van der Waals surface area contributed by atoms with E-state index in [2.05, 4.69) is 10.6 Å². The van der Waals surface area contributed by atoms with Crippen molar-refractivity contribution >= 4 is 5.97 Å². The van der Waals surface area contributed by atoms with E-state index in [0.717, 1.165) is 26.1 Å². The number of nitrogens with one attached hydrogen (secondary N) is 2. The summed E-state index contributed by atoms with van der Waals surface area (Å²) >= 11 is 0. The van der Waals surface area contributed by atoms with Crippen molar-refractivity contribution in [2.45, 2.75) is 25.8 Å². The zero-order valence-corrected chi connectivity index (χ0v) is 8.14. The molecule has 4 heteroatoms. The van der Waals surface area contributed by atoms with Gasteiger partial charge in [-0.1, -0.05) is 0 Å². The Morgan fingerprint density at radius 1 is 1.69 bits per heavy atom. The van der Waals surface area contributed by atoms with Gasteiger partial charge in [0.15, 0.2) is 0 Å². The van der Waals surface area contributed by atoms with Gasteiger partial charge in [0.05, 0.1) is 13.0 Å². The Hall–Kier alpha value is -0.610. The number of hydrogen-bond acceptors (Lipinski definition) is 4. The number of carbonyl (C=O) groups is 1. The molecule has 4 nitrogen and oxygen atoms in total. The second-order valence-corrected chi connectivity index (χ2v) is 3.20. The SMILES string of the molecule is CCOC(=O)CCNC1CCNC1. The molecule has 1 saturated heterocycles. The van der Waals surface area contributed by atoms with Gasteiger partial charge in [0.2, 0.25) is 0 Å². The average molecular weight is 186 g/mol. The molecule has 13 heavy (non-hydrogen) atoms. The van der Waals surface area contributed by atoms with E-state index in [4.69, 9.17) is 4.74 Å². The summed E-state index contributed by atoms with van der Waals surface area (Å²) in [5.41, 5.74) is 0. The summed E-state index contributed by atoms with van der Waals surface area (Å²) in [6.45, 7) is 5.13. The molecule has 1 aliphatic heterocycles. The molecule has 0 radical (unpaired) electrons. The van der Waals surface area contributed by atoms with Crippen LogP contribution in [0.4, 0.5) is 0 Å². The highest BCUT2D eigenvalue weighted by Gasteiger charge is 2.13. The number of rotatable bonds is 5. The molecule has 0 saturated carbocycles. The van der Waals surface area contributed by atoms with Crippen molar-refractivity contribution in [1.82, 2.24) is 10.6 Å². The Bertz CT molecular complexity index is 156. The summed E-state index contributed by atoms with van der Waals surface area (Å²) in [5, 5.41) is 6.56. The first-order valence-corrected chi connectivity index (χ1v) is 4.92. The number of carbonyl (C=O) groups excluding carboxylic acids is 1. The van der Waals surface area contributed by atoms with Crippen LogP contribution < -0.4 is 10.6 Å². The third kappa shape index (κ3) is 4.24. The van der Waals surface area contributed by atoms with Crippen LogP contribution in [-0.2, 0) is 9.53 Å². The topological polar surface area (TPSA) is 50.4 Å². The molecule has 2 N–H and O–H groups in total. The summed E-state index contributed by atoms with van der Waals surface area (Å²) in [7, 11) is 0. The van der Waals surface area contributed by atoms with Crippen molar-refractivity contribution in [2.24, 2.45) is 0 Å². The lowest BCUT2D eigenvalue weighted by Gasteiger charge is -2.09. The monoisotopic (exact) mass is 186 g/mol. The third-order valence-electron chi connectivity index (χ3n) is 2.13. The second kappa shape index (κ2) is 5.94. The molecule has 1 unspecified atom stereocenters. The second-order valence-electron chi connectivity index (χ2n) is 3.20. The van der Waals surface area contributed by atoms with Crippen molar-refractivity contribution in [3.8, 4) is 0 Å². The number of hydrogen-bond donors (Lipinski definition) is 2. The molecule has 1 heterocycles. The molecule has 1 rings (SSSR count). The lowest BCUT2D eigenvalue weighted by Crippen LogP contribution is -2.32. The Morgan fingerprint density at radius 3 is 3.15 bits per heavy atom. The van der Waals surface area contributed by atoms with Crippen LogP contribution in [0.5, 0.6) is 0 Å². The van der Waals surface area contributed by atoms with E-state index in [1.807, 2.05) is 6.92 Å². The van der Waals surface area contributed by atoms with Gasteiger partial charge in [-0.25, -0.2) is 0 Å². The van der Waals surface area contributed by atoms with Crippen LogP contribution in [0, 0.1) is 0 Å². The first-order valence-electron chi connectivity index (χ1n) is 4.92. The molecule has 1 atom stereocenters. The van der Waals surface area contributed by atoms with Gasteiger partial charge >= 0.3 is 5.97 Å². The number of ether oxygens (including phenoxy) is 1. The average Bonchev–Trinajstić information content (AvgIpc) is 2.57. The lowest BCUT2D eigenvalue weighted by atomic mass is 10.2. The first kappa shape index (κ1) is 10.5. The molecule has 0 amide bonds. The molecule has 0 aliphatic carbocycles. The minimum atomic E-state index is -0.110. The molecule has 0 aromatic heterocycles. The van der Waals surface area contributed by atoms with Crippen LogP contribution in [0.2, 0.25) is 0 Å². The maximum absolute atomic E-state index is 10.9. The summed E-state index contributed by atoms with van der Waals surface area (Å²) < 4.78 is 4.81. The van der Waals surface area contributed by atoms with Gasteiger partial charge in [-0.15, -0.1) is 0 Å².